The van der Waals surface area contributed by atoms with E-state index >= 15 is 0 Å². The lowest BCUT2D eigenvalue weighted by Gasteiger charge is -2.04. The van der Waals surface area contributed by atoms with Gasteiger partial charge in [-0.15, -0.1) is 0 Å². The van der Waals surface area contributed by atoms with E-state index in [4.69, 9.17) is 9.15 Å². The molecule has 10 heteroatoms. The zero-order valence-corrected chi connectivity index (χ0v) is 15.6. The van der Waals surface area contributed by atoms with Gasteiger partial charge in [0.05, 0.1) is 17.7 Å². The molecule has 30 heavy (non-hydrogen) atoms. The third kappa shape index (κ3) is 5.89. The molecule has 0 aliphatic heterocycles. The molecule has 0 aliphatic carbocycles. The average molecular weight is 412 g/mol. The Morgan fingerprint density at radius 2 is 1.93 bits per heavy atom. The molecule has 0 radical (unpaired) electrons. The summed E-state index contributed by atoms with van der Waals surface area (Å²) >= 11 is 0. The van der Waals surface area contributed by atoms with Gasteiger partial charge in [0.15, 0.2) is 5.75 Å². The van der Waals surface area contributed by atoms with Gasteiger partial charge >= 0.3 is 5.69 Å². The lowest BCUT2D eigenvalue weighted by molar-refractivity contribution is -0.386. The summed E-state index contributed by atoms with van der Waals surface area (Å²) in [6.07, 6.45) is 1.31. The monoisotopic (exact) mass is 412 g/mol. The quantitative estimate of drug-likeness (QED) is 0.316. The number of anilines is 1. The maximum absolute atomic E-state index is 12.8. The molecule has 0 saturated heterocycles. The first-order valence-electron chi connectivity index (χ1n) is 8.77. The minimum absolute atomic E-state index is 0.00730. The third-order valence-electron chi connectivity index (χ3n) is 3.79. The maximum Gasteiger partial charge on any atom is 0.310 e. The SMILES string of the molecule is O=C(CNc1ccc(F)cc1)N/N=C\c1ccc(COc2ccccc2[N+](=O)[O-])o1. The largest absolute Gasteiger partial charge is 0.479 e. The standard InChI is InChI=1S/C20H17FN4O5/c21-14-5-7-15(8-6-14)22-12-20(26)24-23-11-16-9-10-17(30-16)13-29-19-4-2-1-3-18(19)25(27)28/h1-11,22H,12-13H2,(H,24,26)/b23-11-. The molecule has 0 bridgehead atoms. The first-order chi connectivity index (χ1) is 14.5. The highest BCUT2D eigenvalue weighted by Crippen LogP contribution is 2.26. The number of hydrogen-bond donors (Lipinski definition) is 2. The van der Waals surface area contributed by atoms with E-state index in [1.54, 1.807) is 24.3 Å². The Balaban J connectivity index is 1.45. The van der Waals surface area contributed by atoms with E-state index in [-0.39, 0.29) is 30.4 Å². The zero-order chi connectivity index (χ0) is 21.3. The number of halogens is 1. The van der Waals surface area contributed by atoms with E-state index in [1.807, 2.05) is 0 Å². The highest BCUT2D eigenvalue weighted by atomic mass is 19.1. The fraction of sp³-hybridized carbons (Fsp3) is 0.100. The number of furan rings is 1. The third-order valence-corrected chi connectivity index (χ3v) is 3.79. The van der Waals surface area contributed by atoms with Gasteiger partial charge in [-0.3, -0.25) is 14.9 Å². The molecule has 1 heterocycles. The van der Waals surface area contributed by atoms with Crippen molar-refractivity contribution in [3.8, 4) is 5.75 Å². The molecule has 0 atom stereocenters. The minimum Gasteiger partial charge on any atom is -0.479 e. The fourth-order valence-corrected chi connectivity index (χ4v) is 2.38. The van der Waals surface area contributed by atoms with Gasteiger partial charge in [0.1, 0.15) is 23.9 Å². The first kappa shape index (κ1) is 20.5. The van der Waals surface area contributed by atoms with E-state index in [9.17, 15) is 19.3 Å². The number of carbonyl (C=O) groups excluding carboxylic acids is 1. The molecule has 2 N–H and O–H groups in total. The number of rotatable bonds is 9. The second-order valence-electron chi connectivity index (χ2n) is 5.97. The number of nitro groups is 1. The molecule has 3 rings (SSSR count). The van der Waals surface area contributed by atoms with Crippen molar-refractivity contribution < 1.29 is 23.3 Å². The van der Waals surface area contributed by atoms with Crippen LogP contribution >= 0.6 is 0 Å². The van der Waals surface area contributed by atoms with Crippen LogP contribution in [0.3, 0.4) is 0 Å². The number of hydrogen-bond acceptors (Lipinski definition) is 7. The van der Waals surface area contributed by atoms with Gasteiger partial charge in [0.25, 0.3) is 5.91 Å². The van der Waals surface area contributed by atoms with E-state index in [1.165, 1.54) is 42.6 Å². The second kappa shape index (κ2) is 9.82. The van der Waals surface area contributed by atoms with Gasteiger partial charge in [0, 0.05) is 11.8 Å². The van der Waals surface area contributed by atoms with Crippen LogP contribution in [0.5, 0.6) is 5.75 Å². The van der Waals surface area contributed by atoms with Crippen LogP contribution in [0.25, 0.3) is 0 Å². The highest BCUT2D eigenvalue weighted by Gasteiger charge is 2.14. The lowest BCUT2D eigenvalue weighted by atomic mass is 10.3. The van der Waals surface area contributed by atoms with Crippen molar-refractivity contribution in [3.05, 3.63) is 88.1 Å². The summed E-state index contributed by atoms with van der Waals surface area (Å²) in [5, 5.41) is 17.6. The summed E-state index contributed by atoms with van der Waals surface area (Å²) in [7, 11) is 0. The molecule has 0 fully saturated rings. The Kier molecular flexibility index (Phi) is 6.72. The van der Waals surface area contributed by atoms with Gasteiger partial charge < -0.3 is 14.5 Å². The average Bonchev–Trinajstić information content (AvgIpc) is 3.19. The molecular formula is C20H17FN4O5. The first-order valence-corrected chi connectivity index (χ1v) is 8.77. The number of benzene rings is 2. The minimum atomic E-state index is -0.525. The van der Waals surface area contributed by atoms with Crippen LogP contribution in [0, 0.1) is 15.9 Å². The van der Waals surface area contributed by atoms with E-state index in [0.29, 0.717) is 17.2 Å². The topological polar surface area (TPSA) is 119 Å². The predicted molar refractivity (Wildman–Crippen MR) is 107 cm³/mol. The summed E-state index contributed by atoms with van der Waals surface area (Å²) in [4.78, 5) is 22.2. The Morgan fingerprint density at radius 3 is 2.70 bits per heavy atom. The number of amides is 1. The van der Waals surface area contributed by atoms with Gasteiger partial charge in [-0.05, 0) is 42.5 Å². The van der Waals surface area contributed by atoms with Crippen LogP contribution in [-0.2, 0) is 11.4 Å². The number of para-hydroxylation sites is 2. The fourth-order valence-electron chi connectivity index (χ4n) is 2.38. The molecule has 1 aromatic heterocycles. The smallest absolute Gasteiger partial charge is 0.310 e. The summed E-state index contributed by atoms with van der Waals surface area (Å²) in [5.41, 5.74) is 2.79. The van der Waals surface area contributed by atoms with Crippen LogP contribution in [0.4, 0.5) is 15.8 Å². The number of hydrazone groups is 1. The Morgan fingerprint density at radius 1 is 1.17 bits per heavy atom. The summed E-state index contributed by atoms with van der Waals surface area (Å²) < 4.78 is 23.8. The van der Waals surface area contributed by atoms with E-state index < -0.39 is 10.8 Å². The van der Waals surface area contributed by atoms with Crippen molar-refractivity contribution in [2.75, 3.05) is 11.9 Å². The summed E-state index contributed by atoms with van der Waals surface area (Å²) in [5.74, 6) is 0.166. The second-order valence-corrected chi connectivity index (χ2v) is 5.97. The van der Waals surface area contributed by atoms with E-state index in [2.05, 4.69) is 15.8 Å². The number of carbonyl (C=O) groups is 1. The molecule has 1 amide bonds. The molecular weight excluding hydrogens is 395 g/mol. The van der Waals surface area contributed by atoms with Crippen molar-refractivity contribution in [2.24, 2.45) is 5.10 Å². The Labute approximate surface area is 170 Å². The zero-order valence-electron chi connectivity index (χ0n) is 15.6. The summed E-state index contributed by atoms with van der Waals surface area (Å²) in [6, 6.07) is 14.9. The van der Waals surface area contributed by atoms with Crippen LogP contribution in [0.2, 0.25) is 0 Å². The van der Waals surface area contributed by atoms with Crippen LogP contribution in [0.1, 0.15) is 11.5 Å². The van der Waals surface area contributed by atoms with Crippen molar-refractivity contribution in [3.63, 3.8) is 0 Å². The maximum atomic E-state index is 12.8. The predicted octanol–water partition coefficient (Wildman–Crippen LogP) is 3.47. The van der Waals surface area contributed by atoms with Crippen molar-refractivity contribution >= 4 is 23.5 Å². The molecule has 0 aliphatic rings. The molecule has 2 aromatic carbocycles. The van der Waals surface area contributed by atoms with Gasteiger partial charge in [-0.25, -0.2) is 9.82 Å². The Bertz CT molecular complexity index is 1050. The van der Waals surface area contributed by atoms with Crippen molar-refractivity contribution in [1.82, 2.24) is 5.43 Å². The molecule has 9 nitrogen and oxygen atoms in total. The number of ether oxygens (including phenoxy) is 1. The molecule has 0 saturated carbocycles. The molecule has 0 spiro atoms. The van der Waals surface area contributed by atoms with Crippen LogP contribution in [-0.4, -0.2) is 23.6 Å². The molecule has 3 aromatic rings. The summed E-state index contributed by atoms with van der Waals surface area (Å²) in [6.45, 7) is -0.0529. The van der Waals surface area contributed by atoms with Gasteiger partial charge in [-0.1, -0.05) is 12.1 Å². The lowest BCUT2D eigenvalue weighted by Crippen LogP contribution is -2.25. The molecule has 154 valence electrons. The van der Waals surface area contributed by atoms with Gasteiger partial charge in [-0.2, -0.15) is 5.10 Å². The van der Waals surface area contributed by atoms with Gasteiger partial charge in [0.2, 0.25) is 0 Å². The highest BCUT2D eigenvalue weighted by molar-refractivity contribution is 5.83. The normalized spacial score (nSPS) is 10.7. The number of nitro benzene ring substituents is 1. The van der Waals surface area contributed by atoms with Crippen LogP contribution < -0.4 is 15.5 Å². The Hall–Kier alpha value is -4.21. The van der Waals surface area contributed by atoms with E-state index in [0.717, 1.165) is 0 Å². The van der Waals surface area contributed by atoms with Crippen LogP contribution in [0.15, 0.2) is 70.2 Å². The van der Waals surface area contributed by atoms with Crippen molar-refractivity contribution in [2.45, 2.75) is 6.61 Å². The van der Waals surface area contributed by atoms with Crippen molar-refractivity contribution in [1.29, 1.82) is 0 Å². The molecule has 0 unspecified atom stereocenters. The number of nitrogens with zero attached hydrogens (tertiary/aromatic N) is 2. The number of nitrogens with one attached hydrogen (secondary N) is 2.